The molecule has 3 saturated heterocycles. The molecule has 0 aromatic heterocycles. The van der Waals surface area contributed by atoms with Crippen LogP contribution in [0.1, 0.15) is 71.6 Å². The van der Waals surface area contributed by atoms with E-state index >= 15 is 0 Å². The highest BCUT2D eigenvalue weighted by molar-refractivity contribution is 5.52. The summed E-state index contributed by atoms with van der Waals surface area (Å²) < 4.78 is 0. The van der Waals surface area contributed by atoms with Gasteiger partial charge in [0.1, 0.15) is 0 Å². The molecule has 0 aromatic rings. The summed E-state index contributed by atoms with van der Waals surface area (Å²) in [5.74, 6) is 1.78. The normalized spacial score (nSPS) is 58.5. The topological polar surface area (TPSA) is 3.01 Å². The summed E-state index contributed by atoms with van der Waals surface area (Å²) in [4.78, 5) is 3.00. The number of allylic oxidation sites excluding steroid dienone is 3. The summed E-state index contributed by atoms with van der Waals surface area (Å²) in [5.41, 5.74) is 3.35. The second-order valence-electron chi connectivity index (χ2n) is 9.13. The molecule has 0 bridgehead atoms. The Hall–Kier alpha value is -0.560. The van der Waals surface area contributed by atoms with Gasteiger partial charge in [0.05, 0.1) is 5.54 Å². The molecular weight excluding hydrogens is 266 g/mol. The first-order valence-corrected chi connectivity index (χ1v) is 9.74. The predicted molar refractivity (Wildman–Crippen MR) is 91.7 cm³/mol. The fourth-order valence-corrected chi connectivity index (χ4v) is 7.34. The maximum absolute atomic E-state index is 4.47. The molecule has 3 heterocycles. The van der Waals surface area contributed by atoms with E-state index in [1.54, 1.807) is 5.57 Å². The zero-order valence-electron chi connectivity index (χ0n) is 14.4. The zero-order chi connectivity index (χ0) is 15.2. The molecule has 5 fully saturated rings. The van der Waals surface area contributed by atoms with Crippen LogP contribution in [0.2, 0.25) is 0 Å². The van der Waals surface area contributed by atoms with Gasteiger partial charge in [-0.25, -0.2) is 0 Å². The molecule has 0 N–H and O–H groups in total. The molecule has 1 nitrogen and oxygen atoms in total. The monoisotopic (exact) mass is 297 g/mol. The summed E-state index contributed by atoms with van der Waals surface area (Å²) in [6.45, 7) is 9.28. The van der Waals surface area contributed by atoms with E-state index in [0.717, 1.165) is 17.9 Å². The lowest BCUT2D eigenvalue weighted by Gasteiger charge is -2.45. The van der Waals surface area contributed by atoms with Crippen molar-refractivity contribution in [2.24, 2.45) is 17.3 Å². The summed E-state index contributed by atoms with van der Waals surface area (Å²) in [6.07, 6.45) is 17.6. The number of fused-ring (bicyclic) bond motifs is 2. The number of hydrogen-bond acceptors (Lipinski definition) is 1. The van der Waals surface area contributed by atoms with Crippen molar-refractivity contribution >= 4 is 0 Å². The van der Waals surface area contributed by atoms with Crippen LogP contribution in [0.25, 0.3) is 0 Å². The Bertz CT molecular complexity index is 562. The Kier molecular flexibility index (Phi) is 2.58. The third kappa shape index (κ3) is 1.33. The first kappa shape index (κ1) is 13.8. The molecule has 120 valence electrons. The van der Waals surface area contributed by atoms with Gasteiger partial charge >= 0.3 is 0 Å². The minimum atomic E-state index is 0.463. The molecule has 1 heteroatoms. The molecule has 5 rings (SSSR count). The first-order valence-electron chi connectivity index (χ1n) is 9.74. The molecule has 0 aromatic carbocycles. The van der Waals surface area contributed by atoms with Crippen molar-refractivity contribution in [3.63, 3.8) is 0 Å². The molecule has 2 saturated carbocycles. The van der Waals surface area contributed by atoms with Gasteiger partial charge in [-0.15, -0.1) is 0 Å². The Morgan fingerprint density at radius 3 is 2.95 bits per heavy atom. The van der Waals surface area contributed by atoms with E-state index < -0.39 is 0 Å². The van der Waals surface area contributed by atoms with Crippen LogP contribution in [-0.4, -0.2) is 22.0 Å². The first-order chi connectivity index (χ1) is 10.6. The van der Waals surface area contributed by atoms with Crippen molar-refractivity contribution in [2.45, 2.75) is 88.8 Å². The van der Waals surface area contributed by atoms with E-state index in [4.69, 9.17) is 0 Å². The van der Waals surface area contributed by atoms with Gasteiger partial charge in [0.15, 0.2) is 0 Å². The standard InChI is InChI=1S/C21H31N/c1-4-5-7-16-10-13-20-12-6-11-19(3)15(2)8-9-17(19)18-21(20,14-16)22(18)20/h5,7,16-18H,2,4,6,8-14H2,1,3H3/b7-5+. The second kappa shape index (κ2) is 4.09. The fourth-order valence-electron chi connectivity index (χ4n) is 7.34. The van der Waals surface area contributed by atoms with Crippen LogP contribution in [0.4, 0.5) is 0 Å². The molecular formula is C21H31N. The average Bonchev–Trinajstić information content (AvgIpc) is 3.28. The largest absolute Gasteiger partial charge is 0.281 e. The van der Waals surface area contributed by atoms with E-state index in [2.05, 4.69) is 37.5 Å². The van der Waals surface area contributed by atoms with Crippen molar-refractivity contribution in [1.29, 1.82) is 0 Å². The van der Waals surface area contributed by atoms with Crippen LogP contribution in [0.15, 0.2) is 24.3 Å². The molecule has 0 radical (unpaired) electrons. The van der Waals surface area contributed by atoms with Crippen molar-refractivity contribution in [3.8, 4) is 0 Å². The minimum absolute atomic E-state index is 0.463. The van der Waals surface area contributed by atoms with Crippen LogP contribution in [0.5, 0.6) is 0 Å². The Balaban J connectivity index is 1.45. The maximum Gasteiger partial charge on any atom is 0.0567 e. The highest BCUT2D eigenvalue weighted by atomic mass is 15.6. The predicted octanol–water partition coefficient (Wildman–Crippen LogP) is 5.08. The average molecular weight is 297 g/mol. The Morgan fingerprint density at radius 2 is 2.14 bits per heavy atom. The van der Waals surface area contributed by atoms with Crippen molar-refractivity contribution in [1.82, 2.24) is 4.90 Å². The van der Waals surface area contributed by atoms with E-state index in [-0.39, 0.29) is 0 Å². The van der Waals surface area contributed by atoms with Gasteiger partial charge < -0.3 is 0 Å². The lowest BCUT2D eigenvalue weighted by Crippen LogP contribution is -2.50. The van der Waals surface area contributed by atoms with Gasteiger partial charge in [-0.3, -0.25) is 4.90 Å². The van der Waals surface area contributed by atoms with Gasteiger partial charge in [-0.05, 0) is 68.6 Å². The smallest absolute Gasteiger partial charge is 0.0567 e. The van der Waals surface area contributed by atoms with Gasteiger partial charge in [0, 0.05) is 11.6 Å². The fraction of sp³-hybridized carbons (Fsp3) is 0.810. The highest BCUT2D eigenvalue weighted by Gasteiger charge is 2.94. The van der Waals surface area contributed by atoms with Crippen LogP contribution < -0.4 is 0 Å². The van der Waals surface area contributed by atoms with Crippen LogP contribution in [0.3, 0.4) is 0 Å². The van der Waals surface area contributed by atoms with Crippen molar-refractivity contribution in [3.05, 3.63) is 24.3 Å². The number of hydrogen-bond donors (Lipinski definition) is 0. The molecule has 7 atom stereocenters. The summed E-state index contributed by atoms with van der Waals surface area (Å²) in [7, 11) is 0. The van der Waals surface area contributed by atoms with E-state index in [1.807, 2.05) is 0 Å². The zero-order valence-corrected chi connectivity index (χ0v) is 14.4. The SMILES string of the molecule is C=C1CCC2C3N4C5(CCCC12C)CCC(/C=C/CC)CC345. The van der Waals surface area contributed by atoms with Crippen LogP contribution >= 0.6 is 0 Å². The molecule has 22 heavy (non-hydrogen) atoms. The number of rotatable bonds is 2. The Morgan fingerprint density at radius 1 is 1.27 bits per heavy atom. The maximum atomic E-state index is 4.47. The van der Waals surface area contributed by atoms with Gasteiger partial charge in [-0.2, -0.15) is 0 Å². The highest BCUT2D eigenvalue weighted by Crippen LogP contribution is 2.83. The summed E-state index contributed by atoms with van der Waals surface area (Å²) in [6, 6.07) is 0.926. The third-order valence-electron chi connectivity index (χ3n) is 8.54. The Labute approximate surface area is 135 Å². The van der Waals surface area contributed by atoms with Crippen molar-refractivity contribution < 1.29 is 0 Å². The lowest BCUT2D eigenvalue weighted by atomic mass is 9.60. The lowest BCUT2D eigenvalue weighted by molar-refractivity contribution is 0.109. The van der Waals surface area contributed by atoms with E-state index in [9.17, 15) is 0 Å². The molecule has 5 aliphatic rings. The third-order valence-corrected chi connectivity index (χ3v) is 8.54. The quantitative estimate of drug-likeness (QED) is 0.507. The molecule has 3 aliphatic heterocycles. The molecule has 2 spiro atoms. The van der Waals surface area contributed by atoms with Crippen LogP contribution in [0, 0.1) is 17.3 Å². The molecule has 2 aliphatic carbocycles. The summed E-state index contributed by atoms with van der Waals surface area (Å²) in [5, 5.41) is 0. The van der Waals surface area contributed by atoms with Crippen molar-refractivity contribution in [2.75, 3.05) is 0 Å². The van der Waals surface area contributed by atoms with Gasteiger partial charge in [0.2, 0.25) is 0 Å². The number of nitrogens with zero attached hydrogens (tertiary/aromatic N) is 1. The van der Waals surface area contributed by atoms with Crippen LogP contribution in [-0.2, 0) is 0 Å². The van der Waals surface area contributed by atoms with Gasteiger partial charge in [-0.1, -0.05) is 44.6 Å². The summed E-state index contributed by atoms with van der Waals surface area (Å²) >= 11 is 0. The van der Waals surface area contributed by atoms with Gasteiger partial charge in [0.25, 0.3) is 0 Å². The molecule has 7 unspecified atom stereocenters. The second-order valence-corrected chi connectivity index (χ2v) is 9.13. The molecule has 0 amide bonds. The van der Waals surface area contributed by atoms with E-state index in [1.165, 1.54) is 57.8 Å². The minimum Gasteiger partial charge on any atom is -0.281 e. The van der Waals surface area contributed by atoms with E-state index in [0.29, 0.717) is 16.5 Å².